The highest BCUT2D eigenvalue weighted by molar-refractivity contribution is 6.30. The fourth-order valence-electron chi connectivity index (χ4n) is 6.77. The van der Waals surface area contributed by atoms with E-state index in [9.17, 15) is 63.9 Å². The smallest absolute Gasteiger partial charge is 0.326 e. The number of anilines is 3. The molecule has 0 saturated carbocycles. The van der Waals surface area contributed by atoms with Gasteiger partial charge < -0.3 is 36.8 Å². The second kappa shape index (κ2) is 35.5. The average Bonchev–Trinajstić information content (AvgIpc) is 1.34. The molecular formula is C54H53BCl3F8N16O8. The Morgan fingerprint density at radius 1 is 0.544 bits per heavy atom. The van der Waals surface area contributed by atoms with E-state index in [0.29, 0.717) is 10.3 Å². The number of rotatable bonds is 22. The highest BCUT2D eigenvalue weighted by Gasteiger charge is 2.35. The van der Waals surface area contributed by atoms with Gasteiger partial charge in [0.25, 0.3) is 16.7 Å². The first-order valence-electron chi connectivity index (χ1n) is 25.2. The number of esters is 1. The predicted molar refractivity (Wildman–Crippen MR) is 315 cm³/mol. The molecule has 0 unspecified atom stereocenters. The fraction of sp³-hybridized carbons (Fsp3) is 0.259. The molecule has 8 aromatic rings. The summed E-state index contributed by atoms with van der Waals surface area (Å²) in [7, 11) is 0. The standard InChI is InChI=1S/C19H16ClF3N6O2.C15H15ClF2N4O3.C13H11ClF2N4O3.C6H7FN2.CH4.B/c20-15-9-27-17(28-11-19(22,23)14-5-1-2-6-25-14)18(31)29(15)10-16(30)26-8-13-12(21)4-3-7-24-13;1-2-25-12(23)8-22-11(16)7-20-13(14(22)24)21-9-15(17,18)10-5-3-4-6-19-10;14-9-5-18-11(12(23)20(9)6-10(21)22)19-7-13(15,16)8-3-1-2-4-17-8;7-5-2-1-3-9-6(5)4-8;;/h1-7,9H,8,10-11H2,(H,26,30)(H,27,28);3-7H,2,8-9H2,1H3,(H,20,21);1-5H,6-7H2,(H,18,19)(H,21,22);1-3H,4,8H2;1H4;. The maximum atomic E-state index is 14.3. The summed E-state index contributed by atoms with van der Waals surface area (Å²) in [5.41, 5.74) is 1.52. The quantitative estimate of drug-likeness (QED) is 0.0228. The molecule has 24 nitrogen and oxygen atoms in total. The molecule has 90 heavy (non-hydrogen) atoms. The lowest BCUT2D eigenvalue weighted by molar-refractivity contribution is -0.144. The molecule has 0 aliphatic carbocycles. The van der Waals surface area contributed by atoms with Crippen LogP contribution in [0.3, 0.4) is 0 Å². The summed E-state index contributed by atoms with van der Waals surface area (Å²) >= 11 is 17.5. The number of carboxylic acid groups (broad SMARTS) is 1. The van der Waals surface area contributed by atoms with Gasteiger partial charge in [-0.2, -0.15) is 26.3 Å². The summed E-state index contributed by atoms with van der Waals surface area (Å²) in [5.74, 6) is -14.8. The highest BCUT2D eigenvalue weighted by atomic mass is 35.5. The van der Waals surface area contributed by atoms with E-state index in [1.165, 1.54) is 97.7 Å². The van der Waals surface area contributed by atoms with Crippen molar-refractivity contribution >= 4 is 78.5 Å². The van der Waals surface area contributed by atoms with Crippen LogP contribution in [0.2, 0.25) is 15.5 Å². The normalized spacial score (nSPS) is 10.8. The van der Waals surface area contributed by atoms with Crippen LogP contribution in [-0.2, 0) is 69.6 Å². The van der Waals surface area contributed by atoms with Crippen molar-refractivity contribution in [3.05, 3.63) is 215 Å². The lowest BCUT2D eigenvalue weighted by Crippen LogP contribution is -2.35. The van der Waals surface area contributed by atoms with Gasteiger partial charge in [-0.05, 0) is 67.6 Å². The fourth-order valence-corrected chi connectivity index (χ4v) is 7.33. The van der Waals surface area contributed by atoms with Crippen molar-refractivity contribution in [1.29, 1.82) is 0 Å². The third-order valence-corrected chi connectivity index (χ3v) is 12.0. The summed E-state index contributed by atoms with van der Waals surface area (Å²) in [6.45, 7) is -2.74. The first-order valence-corrected chi connectivity index (χ1v) is 26.3. The number of carbonyl (C=O) groups is 3. The lowest BCUT2D eigenvalue weighted by Gasteiger charge is -2.17. The minimum atomic E-state index is -3.37. The zero-order valence-electron chi connectivity index (χ0n) is 46.0. The van der Waals surface area contributed by atoms with E-state index in [1.54, 1.807) is 6.92 Å². The number of halogens is 11. The summed E-state index contributed by atoms with van der Waals surface area (Å²) in [5, 5.41) is 17.4. The predicted octanol–water partition coefficient (Wildman–Crippen LogP) is 6.92. The second-order valence-electron chi connectivity index (χ2n) is 17.3. The highest BCUT2D eigenvalue weighted by Crippen LogP contribution is 2.28. The second-order valence-corrected chi connectivity index (χ2v) is 18.5. The molecular weight excluding hydrogens is 1270 g/mol. The van der Waals surface area contributed by atoms with Crippen molar-refractivity contribution in [1.82, 2.24) is 58.9 Å². The number of alkyl halides is 6. The van der Waals surface area contributed by atoms with Crippen LogP contribution in [0.4, 0.5) is 52.6 Å². The van der Waals surface area contributed by atoms with E-state index < -0.39 is 126 Å². The number of aliphatic carboxylic acids is 1. The summed E-state index contributed by atoms with van der Waals surface area (Å²) in [4.78, 5) is 101. The Labute approximate surface area is 522 Å². The largest absolute Gasteiger partial charge is 0.480 e. The molecule has 477 valence electrons. The van der Waals surface area contributed by atoms with Gasteiger partial charge in [-0.1, -0.05) is 60.4 Å². The van der Waals surface area contributed by atoms with E-state index in [2.05, 4.69) is 61.1 Å². The number of nitrogens with two attached hydrogens (primary N) is 1. The number of nitrogens with one attached hydrogen (secondary N) is 4. The van der Waals surface area contributed by atoms with E-state index in [1.807, 2.05) is 0 Å². The molecule has 7 N–H and O–H groups in total. The van der Waals surface area contributed by atoms with Crippen LogP contribution in [0.5, 0.6) is 0 Å². The number of hydrogen-bond acceptors (Lipinski definition) is 19. The lowest BCUT2D eigenvalue weighted by atomic mass is 10.2. The van der Waals surface area contributed by atoms with Crippen molar-refractivity contribution in [2.75, 3.05) is 42.2 Å². The number of nitrogens with zero attached hydrogens (tertiary/aromatic N) is 11. The molecule has 0 aromatic carbocycles. The molecule has 1 amide bonds. The van der Waals surface area contributed by atoms with Gasteiger partial charge in [0.05, 0.1) is 62.8 Å². The van der Waals surface area contributed by atoms with Gasteiger partial charge in [0.15, 0.2) is 17.5 Å². The van der Waals surface area contributed by atoms with Crippen LogP contribution < -0.4 is 43.7 Å². The number of ether oxygens (including phenoxy) is 1. The number of hydrogen-bond donors (Lipinski definition) is 6. The van der Waals surface area contributed by atoms with Gasteiger partial charge in [0, 0.05) is 45.9 Å². The number of carbonyl (C=O) groups excluding carboxylic acids is 2. The van der Waals surface area contributed by atoms with Gasteiger partial charge in [0.2, 0.25) is 5.91 Å². The zero-order valence-corrected chi connectivity index (χ0v) is 48.3. The third kappa shape index (κ3) is 22.3. The third-order valence-electron chi connectivity index (χ3n) is 11.1. The Balaban J connectivity index is 0.000000329. The molecule has 8 heterocycles. The van der Waals surface area contributed by atoms with Gasteiger partial charge in [-0.3, -0.25) is 67.4 Å². The number of carboxylic acids is 1. The summed E-state index contributed by atoms with van der Waals surface area (Å²) in [6, 6.07) is 17.7. The Morgan fingerprint density at radius 3 is 1.22 bits per heavy atom. The van der Waals surface area contributed by atoms with Gasteiger partial charge in [-0.15, -0.1) is 0 Å². The van der Waals surface area contributed by atoms with Crippen LogP contribution in [-0.4, -0.2) is 111 Å². The van der Waals surface area contributed by atoms with Crippen LogP contribution in [0, 0.1) is 11.6 Å². The topological polar surface area (TPSA) is 324 Å². The van der Waals surface area contributed by atoms with Crippen molar-refractivity contribution in [2.45, 2.75) is 64.8 Å². The molecule has 8 aromatic heterocycles. The van der Waals surface area contributed by atoms with Gasteiger partial charge >= 0.3 is 29.7 Å². The average molecular weight is 1320 g/mol. The number of pyridine rings is 5. The molecule has 8 rings (SSSR count). The Hall–Kier alpha value is -9.47. The number of aromatic nitrogens is 11. The molecule has 0 atom stereocenters. The summed E-state index contributed by atoms with van der Waals surface area (Å²) in [6.07, 6.45) is 9.73. The van der Waals surface area contributed by atoms with E-state index >= 15 is 0 Å². The molecule has 0 saturated heterocycles. The minimum absolute atomic E-state index is 0. The van der Waals surface area contributed by atoms with Crippen LogP contribution in [0.15, 0.2) is 143 Å². The maximum Gasteiger partial charge on any atom is 0.326 e. The molecule has 0 fully saturated rings. The zero-order chi connectivity index (χ0) is 64.6. The maximum absolute atomic E-state index is 14.3. The van der Waals surface area contributed by atoms with Crippen molar-refractivity contribution < 1.29 is 59.4 Å². The molecule has 0 bridgehead atoms. The first-order chi connectivity index (χ1) is 41.8. The molecule has 3 radical (unpaired) electrons. The first kappa shape index (κ1) is 74.8. The van der Waals surface area contributed by atoms with Crippen molar-refractivity contribution in [3.63, 3.8) is 0 Å². The molecule has 0 aliphatic heterocycles. The Bertz CT molecular complexity index is 3820. The monoisotopic (exact) mass is 1320 g/mol. The summed E-state index contributed by atoms with van der Waals surface area (Å²) < 4.78 is 118. The van der Waals surface area contributed by atoms with Gasteiger partial charge in [0.1, 0.15) is 63.8 Å². The molecule has 0 spiro atoms. The van der Waals surface area contributed by atoms with Gasteiger partial charge in [-0.25, -0.2) is 23.7 Å². The van der Waals surface area contributed by atoms with E-state index in [-0.39, 0.29) is 68.3 Å². The van der Waals surface area contributed by atoms with Crippen molar-refractivity contribution in [3.8, 4) is 0 Å². The molecule has 36 heteroatoms. The minimum Gasteiger partial charge on any atom is -0.480 e. The van der Waals surface area contributed by atoms with E-state index in [4.69, 9.17) is 50.4 Å². The Morgan fingerprint density at radius 2 is 0.900 bits per heavy atom. The van der Waals surface area contributed by atoms with Crippen molar-refractivity contribution in [2.24, 2.45) is 5.73 Å². The van der Waals surface area contributed by atoms with Crippen LogP contribution >= 0.6 is 34.8 Å². The Kier molecular flexibility index (Phi) is 29.5. The number of amides is 1. The van der Waals surface area contributed by atoms with Crippen LogP contribution in [0.1, 0.15) is 42.8 Å². The SMILES string of the molecule is C.CCOC(=O)Cn1c(Cl)cnc(NCC(F)(F)c2ccccn2)c1=O.NCc1ncccc1F.O=C(Cn1c(Cl)cnc(NCC(F)(F)c2ccccn2)c1=O)NCc1ncccc1F.O=C(O)Cn1c(Cl)cnc(NCC(F)(F)c2ccccn2)c1=O.[B]. The van der Waals surface area contributed by atoms with Crippen LogP contribution in [0.25, 0.3) is 0 Å². The molecule has 0 aliphatic rings. The van der Waals surface area contributed by atoms with E-state index in [0.717, 1.165) is 39.9 Å².